The molecule has 0 aliphatic carbocycles. The lowest BCUT2D eigenvalue weighted by molar-refractivity contribution is -0.134. The van der Waals surface area contributed by atoms with E-state index in [1.165, 1.54) is 0 Å². The molecule has 186 valence electrons. The van der Waals surface area contributed by atoms with Gasteiger partial charge in [-0.05, 0) is 46.5 Å². The predicted octanol–water partition coefficient (Wildman–Crippen LogP) is 3.32. The van der Waals surface area contributed by atoms with E-state index in [0.717, 1.165) is 39.0 Å². The largest absolute Gasteiger partial charge is 0.380 e. The van der Waals surface area contributed by atoms with Gasteiger partial charge in [-0.25, -0.2) is 9.97 Å². The highest BCUT2D eigenvalue weighted by Gasteiger charge is 2.40. The highest BCUT2D eigenvalue weighted by atomic mass is 16.5. The summed E-state index contributed by atoms with van der Waals surface area (Å²) in [5.41, 5.74) is 7.18. The molecule has 1 saturated heterocycles. The first kappa shape index (κ1) is 22.0. The summed E-state index contributed by atoms with van der Waals surface area (Å²) >= 11 is 0. The van der Waals surface area contributed by atoms with Gasteiger partial charge >= 0.3 is 0 Å². The maximum absolute atomic E-state index is 13.0. The van der Waals surface area contributed by atoms with E-state index in [1.54, 1.807) is 4.90 Å². The molecule has 9 heteroatoms. The second kappa shape index (κ2) is 8.14. The number of aromatic nitrogens is 3. The zero-order valence-corrected chi connectivity index (χ0v) is 20.6. The Morgan fingerprint density at radius 2 is 1.89 bits per heavy atom. The molecule has 0 saturated carbocycles. The molecule has 0 bridgehead atoms. The van der Waals surface area contributed by atoms with Crippen molar-refractivity contribution in [2.75, 3.05) is 25.6 Å². The van der Waals surface area contributed by atoms with E-state index in [2.05, 4.69) is 27.8 Å². The molecular formula is C28H26N6O3. The quantitative estimate of drug-likeness (QED) is 0.453. The number of nitrogens with one attached hydrogen (secondary N) is 2. The summed E-state index contributed by atoms with van der Waals surface area (Å²) in [5, 5.41) is 7.43. The van der Waals surface area contributed by atoms with Crippen LogP contribution in [0.15, 0.2) is 48.8 Å². The van der Waals surface area contributed by atoms with Gasteiger partial charge < -0.3 is 24.8 Å². The van der Waals surface area contributed by atoms with Gasteiger partial charge in [0.25, 0.3) is 5.91 Å². The maximum Gasteiger partial charge on any atom is 0.254 e. The van der Waals surface area contributed by atoms with E-state index in [-0.39, 0.29) is 23.7 Å². The molecule has 0 spiro atoms. The van der Waals surface area contributed by atoms with Crippen molar-refractivity contribution in [1.82, 2.24) is 24.8 Å². The third-order valence-electron chi connectivity index (χ3n) is 7.86. The number of aryl methyl sites for hydroxylation is 1. The van der Waals surface area contributed by atoms with E-state index in [1.807, 2.05) is 55.3 Å². The van der Waals surface area contributed by atoms with E-state index < -0.39 is 0 Å². The monoisotopic (exact) mass is 494 g/mol. The molecule has 4 aromatic rings. The Morgan fingerprint density at radius 3 is 2.78 bits per heavy atom. The summed E-state index contributed by atoms with van der Waals surface area (Å²) < 4.78 is 7.64. The SMILES string of the molecule is CN1Cc2nc(Nc3ccc(-c4ccnc5c4ccn5C)c4c3C(=O)NC4)ccc2C2COCC2C1=O. The number of benzene rings is 1. The highest BCUT2D eigenvalue weighted by Crippen LogP contribution is 2.39. The molecule has 2 unspecified atom stereocenters. The molecule has 37 heavy (non-hydrogen) atoms. The lowest BCUT2D eigenvalue weighted by Crippen LogP contribution is -2.32. The maximum atomic E-state index is 13.0. The molecule has 3 aliphatic heterocycles. The number of hydrogen-bond donors (Lipinski definition) is 2. The average molecular weight is 495 g/mol. The van der Waals surface area contributed by atoms with E-state index in [0.29, 0.717) is 43.4 Å². The molecule has 2 N–H and O–H groups in total. The van der Waals surface area contributed by atoms with Crippen molar-refractivity contribution < 1.29 is 14.3 Å². The van der Waals surface area contributed by atoms with Crippen molar-refractivity contribution >= 4 is 34.4 Å². The fraction of sp³-hybridized carbons (Fsp3) is 0.286. The predicted molar refractivity (Wildman–Crippen MR) is 138 cm³/mol. The van der Waals surface area contributed by atoms with Gasteiger partial charge in [0.15, 0.2) is 0 Å². The summed E-state index contributed by atoms with van der Waals surface area (Å²) in [6.45, 7) is 1.89. The van der Waals surface area contributed by atoms with E-state index in [4.69, 9.17) is 9.72 Å². The van der Waals surface area contributed by atoms with Crippen LogP contribution in [0.2, 0.25) is 0 Å². The van der Waals surface area contributed by atoms with Crippen LogP contribution in [-0.4, -0.2) is 51.5 Å². The molecule has 3 aromatic heterocycles. The molecule has 2 amide bonds. The molecule has 1 fully saturated rings. The summed E-state index contributed by atoms with van der Waals surface area (Å²) in [5.74, 6) is 0.502. The van der Waals surface area contributed by atoms with Crippen LogP contribution in [0.3, 0.4) is 0 Å². The van der Waals surface area contributed by atoms with Crippen molar-refractivity contribution in [3.05, 3.63) is 71.2 Å². The summed E-state index contributed by atoms with van der Waals surface area (Å²) in [4.78, 5) is 36.9. The van der Waals surface area contributed by atoms with Gasteiger partial charge in [0.05, 0.1) is 42.6 Å². The Hall–Kier alpha value is -4.24. The minimum atomic E-state index is -0.157. The molecule has 7 rings (SSSR count). The zero-order valence-electron chi connectivity index (χ0n) is 20.6. The van der Waals surface area contributed by atoms with Crippen LogP contribution in [0, 0.1) is 5.92 Å². The zero-order chi connectivity index (χ0) is 25.3. The number of pyridine rings is 2. The van der Waals surface area contributed by atoms with Crippen LogP contribution in [-0.2, 0) is 29.7 Å². The van der Waals surface area contributed by atoms with E-state index in [9.17, 15) is 9.59 Å². The van der Waals surface area contributed by atoms with Crippen molar-refractivity contribution in [2.45, 2.75) is 19.0 Å². The van der Waals surface area contributed by atoms with Crippen LogP contribution < -0.4 is 10.6 Å². The Kier molecular flexibility index (Phi) is 4.84. The van der Waals surface area contributed by atoms with Gasteiger partial charge in [-0.2, -0.15) is 0 Å². The van der Waals surface area contributed by atoms with Crippen molar-refractivity contribution in [3.8, 4) is 11.1 Å². The minimum absolute atomic E-state index is 0.0264. The van der Waals surface area contributed by atoms with Gasteiger partial charge in [-0.1, -0.05) is 12.1 Å². The highest BCUT2D eigenvalue weighted by molar-refractivity contribution is 6.07. The lowest BCUT2D eigenvalue weighted by atomic mass is 9.88. The number of fused-ring (bicyclic) bond motifs is 5. The smallest absolute Gasteiger partial charge is 0.254 e. The topological polar surface area (TPSA) is 101 Å². The molecular weight excluding hydrogens is 468 g/mol. The fourth-order valence-electron chi connectivity index (χ4n) is 5.98. The number of amides is 2. The molecule has 9 nitrogen and oxygen atoms in total. The molecule has 3 aliphatic rings. The molecule has 0 radical (unpaired) electrons. The molecule has 2 atom stereocenters. The van der Waals surface area contributed by atoms with Crippen LogP contribution in [0.1, 0.15) is 33.1 Å². The number of anilines is 2. The third-order valence-corrected chi connectivity index (χ3v) is 7.86. The Bertz CT molecular complexity index is 1610. The first-order valence-electron chi connectivity index (χ1n) is 12.4. The van der Waals surface area contributed by atoms with Gasteiger partial charge in [0, 0.05) is 44.3 Å². The summed E-state index contributed by atoms with van der Waals surface area (Å²) in [6, 6.07) is 12.0. The average Bonchev–Trinajstić information content (AvgIpc) is 3.62. The van der Waals surface area contributed by atoms with Crippen molar-refractivity contribution in [1.29, 1.82) is 0 Å². The van der Waals surface area contributed by atoms with Crippen LogP contribution in [0.5, 0.6) is 0 Å². The number of carbonyl (C=O) groups excluding carboxylic acids is 2. The second-order valence-electron chi connectivity index (χ2n) is 10.0. The van der Waals surface area contributed by atoms with Gasteiger partial charge in [-0.3, -0.25) is 9.59 Å². The van der Waals surface area contributed by atoms with E-state index >= 15 is 0 Å². The summed E-state index contributed by atoms with van der Waals surface area (Å²) in [6.07, 6.45) is 3.80. The van der Waals surface area contributed by atoms with Crippen LogP contribution >= 0.6 is 0 Å². The number of rotatable bonds is 3. The standard InChI is InChI=1S/C28H26N6O3/c1-33-10-8-18-16(7-9-29-26(18)33)15-3-5-22(25-19(15)11-30-27(25)35)31-24-6-4-17-20-13-37-14-21(20)28(36)34(2)12-23(17)32-24/h3-10,20-21H,11-14H2,1-2H3,(H,30,35)(H,31,32). The fourth-order valence-corrected chi connectivity index (χ4v) is 5.98. The number of ether oxygens (including phenoxy) is 1. The normalized spacial score (nSPS) is 20.4. The number of hydrogen-bond acceptors (Lipinski definition) is 6. The first-order chi connectivity index (χ1) is 18.0. The minimum Gasteiger partial charge on any atom is -0.380 e. The van der Waals surface area contributed by atoms with Crippen LogP contribution in [0.25, 0.3) is 22.2 Å². The number of carbonyl (C=O) groups is 2. The van der Waals surface area contributed by atoms with Gasteiger partial charge in [0.1, 0.15) is 11.5 Å². The second-order valence-corrected chi connectivity index (χ2v) is 10.0. The third kappa shape index (κ3) is 3.34. The Labute approximate surface area is 213 Å². The Morgan fingerprint density at radius 1 is 1.03 bits per heavy atom. The van der Waals surface area contributed by atoms with Gasteiger partial charge in [0.2, 0.25) is 5.91 Å². The molecule has 6 heterocycles. The Balaban J connectivity index is 1.28. The van der Waals surface area contributed by atoms with Crippen molar-refractivity contribution in [3.63, 3.8) is 0 Å². The summed E-state index contributed by atoms with van der Waals surface area (Å²) in [7, 11) is 3.79. The van der Waals surface area contributed by atoms with Crippen molar-refractivity contribution in [2.24, 2.45) is 13.0 Å². The van der Waals surface area contributed by atoms with Crippen LogP contribution in [0.4, 0.5) is 11.5 Å². The molecule has 1 aromatic carbocycles. The lowest BCUT2D eigenvalue weighted by Gasteiger charge is -2.18. The van der Waals surface area contributed by atoms with Gasteiger partial charge in [-0.15, -0.1) is 0 Å². The first-order valence-corrected chi connectivity index (χ1v) is 12.4. The number of nitrogens with zero attached hydrogens (tertiary/aromatic N) is 4.